The van der Waals surface area contributed by atoms with Crippen molar-refractivity contribution in [1.82, 2.24) is 14.9 Å². The summed E-state index contributed by atoms with van der Waals surface area (Å²) in [6.45, 7) is 6.91. The molecule has 0 bridgehead atoms. The highest BCUT2D eigenvalue weighted by Crippen LogP contribution is 2.26. The van der Waals surface area contributed by atoms with E-state index in [1.54, 1.807) is 29.3 Å². The van der Waals surface area contributed by atoms with E-state index in [-0.39, 0.29) is 34.5 Å². The monoisotopic (exact) mass is 529 g/mol. The maximum atomic E-state index is 13.7. The van der Waals surface area contributed by atoms with E-state index in [1.165, 1.54) is 23.8 Å². The van der Waals surface area contributed by atoms with Crippen LogP contribution in [-0.2, 0) is 18.4 Å². The molecule has 194 valence electrons. The fourth-order valence-electron chi connectivity index (χ4n) is 4.08. The lowest BCUT2D eigenvalue weighted by Gasteiger charge is -2.24. The fraction of sp³-hybridized carbons (Fsp3) is 0.286. The van der Waals surface area contributed by atoms with Gasteiger partial charge in [0.1, 0.15) is 10.9 Å². The molecule has 2 aromatic heterocycles. The molecule has 0 aliphatic heterocycles. The van der Waals surface area contributed by atoms with Crippen LogP contribution in [-0.4, -0.2) is 33.7 Å². The fourth-order valence-corrected chi connectivity index (χ4v) is 4.28. The second kappa shape index (κ2) is 10.5. The van der Waals surface area contributed by atoms with Crippen LogP contribution >= 0.6 is 11.6 Å². The zero-order valence-electron chi connectivity index (χ0n) is 20.7. The summed E-state index contributed by atoms with van der Waals surface area (Å²) in [5.41, 5.74) is 3.43. The first-order chi connectivity index (χ1) is 17.4. The number of aromatic amines is 1. The lowest BCUT2D eigenvalue weighted by molar-refractivity contribution is -0.274. The Hall–Kier alpha value is -3.52. The van der Waals surface area contributed by atoms with Crippen molar-refractivity contribution in [2.45, 2.75) is 45.5 Å². The molecule has 4 aromatic rings. The van der Waals surface area contributed by atoms with Gasteiger partial charge >= 0.3 is 6.36 Å². The van der Waals surface area contributed by atoms with Gasteiger partial charge in [0, 0.05) is 24.7 Å². The number of amides is 1. The molecule has 1 N–H and O–H groups in total. The molecule has 5 nitrogen and oxygen atoms in total. The number of carbonyl (C=O) groups excluding carboxylic acids is 1. The Balaban J connectivity index is 1.62. The number of benzene rings is 2. The largest absolute Gasteiger partial charge is 0.573 e. The van der Waals surface area contributed by atoms with Crippen LogP contribution < -0.4 is 4.74 Å². The third-order valence-electron chi connectivity index (χ3n) is 5.99. The molecule has 0 saturated carbocycles. The third-order valence-corrected chi connectivity index (χ3v) is 6.19. The van der Waals surface area contributed by atoms with Crippen LogP contribution in [0.2, 0.25) is 5.15 Å². The molecule has 2 heterocycles. The number of aromatic nitrogens is 2. The van der Waals surface area contributed by atoms with Crippen molar-refractivity contribution >= 4 is 28.4 Å². The summed E-state index contributed by atoms with van der Waals surface area (Å²) in [6, 6.07) is 17.3. The number of rotatable bonds is 7. The quantitative estimate of drug-likeness (QED) is 0.256. The number of pyridine rings is 1. The predicted molar refractivity (Wildman–Crippen MR) is 138 cm³/mol. The van der Waals surface area contributed by atoms with E-state index in [0.717, 1.165) is 10.9 Å². The number of nitrogens with zero attached hydrogens (tertiary/aromatic N) is 2. The molecule has 4 rings (SSSR count). The van der Waals surface area contributed by atoms with E-state index >= 15 is 0 Å². The average molecular weight is 530 g/mol. The van der Waals surface area contributed by atoms with Crippen LogP contribution in [0.15, 0.2) is 66.9 Å². The number of H-pyrrole nitrogens is 1. The lowest BCUT2D eigenvalue weighted by Crippen LogP contribution is -2.33. The second-order valence-corrected chi connectivity index (χ2v) is 10.2. The van der Waals surface area contributed by atoms with E-state index in [0.29, 0.717) is 24.0 Å². The number of hydrogen-bond acceptors (Lipinski definition) is 3. The Morgan fingerprint density at radius 3 is 2.43 bits per heavy atom. The number of nitrogens with one attached hydrogen (secondary N) is 1. The van der Waals surface area contributed by atoms with Gasteiger partial charge in [0.2, 0.25) is 0 Å². The normalized spacial score (nSPS) is 12.1. The standard InChI is InChI=1S/C28H27ClF3N3O2/c1-27(2,3)21-9-7-19(8-10-21)17-35(14-12-18-5-4-6-22(15-18)37-28(30,31)32)26(36)25-24-20(11-13-33-24)16-23(29)34-25/h4-11,13,15-16,33H,12,14,17H2,1-3H3. The molecule has 0 atom stereocenters. The Kier molecular flexibility index (Phi) is 7.50. The van der Waals surface area contributed by atoms with E-state index in [1.807, 2.05) is 24.3 Å². The van der Waals surface area contributed by atoms with Crippen molar-refractivity contribution in [2.75, 3.05) is 6.54 Å². The van der Waals surface area contributed by atoms with Crippen LogP contribution in [0.3, 0.4) is 0 Å². The molecule has 0 aliphatic rings. The van der Waals surface area contributed by atoms with Crippen LogP contribution in [0.25, 0.3) is 10.9 Å². The highest BCUT2D eigenvalue weighted by molar-refractivity contribution is 6.30. The molecule has 0 unspecified atom stereocenters. The van der Waals surface area contributed by atoms with Crippen molar-refractivity contribution in [3.8, 4) is 5.75 Å². The lowest BCUT2D eigenvalue weighted by atomic mass is 9.87. The van der Waals surface area contributed by atoms with Gasteiger partial charge in [-0.05, 0) is 52.8 Å². The van der Waals surface area contributed by atoms with Crippen LogP contribution in [0.5, 0.6) is 5.75 Å². The van der Waals surface area contributed by atoms with Gasteiger partial charge in [0.05, 0.1) is 5.52 Å². The second-order valence-electron chi connectivity index (χ2n) is 9.85. The summed E-state index contributed by atoms with van der Waals surface area (Å²) in [4.78, 5) is 22.7. The summed E-state index contributed by atoms with van der Waals surface area (Å²) in [6.07, 6.45) is -2.75. The van der Waals surface area contributed by atoms with Crippen LogP contribution in [0.4, 0.5) is 13.2 Å². The maximum Gasteiger partial charge on any atom is 0.573 e. The minimum atomic E-state index is -4.78. The number of fused-ring (bicyclic) bond motifs is 1. The molecule has 9 heteroatoms. The number of ether oxygens (including phenoxy) is 1. The Bertz CT molecular complexity index is 1390. The summed E-state index contributed by atoms with van der Waals surface area (Å²) in [7, 11) is 0. The van der Waals surface area contributed by atoms with Gasteiger partial charge < -0.3 is 14.6 Å². The first-order valence-electron chi connectivity index (χ1n) is 11.8. The van der Waals surface area contributed by atoms with Crippen molar-refractivity contribution < 1.29 is 22.7 Å². The Morgan fingerprint density at radius 2 is 1.76 bits per heavy atom. The number of carbonyl (C=O) groups is 1. The van der Waals surface area contributed by atoms with Crippen molar-refractivity contribution in [2.24, 2.45) is 0 Å². The Labute approximate surface area is 218 Å². The van der Waals surface area contributed by atoms with Crippen molar-refractivity contribution in [3.05, 3.63) is 94.4 Å². The molecule has 0 spiro atoms. The smallest absolute Gasteiger partial charge is 0.406 e. The van der Waals surface area contributed by atoms with Gasteiger partial charge in [-0.15, -0.1) is 13.2 Å². The van der Waals surface area contributed by atoms with E-state index < -0.39 is 6.36 Å². The van der Waals surface area contributed by atoms with E-state index in [9.17, 15) is 18.0 Å². The topological polar surface area (TPSA) is 58.2 Å². The average Bonchev–Trinajstić information content (AvgIpc) is 3.28. The number of alkyl halides is 3. The number of hydrogen-bond donors (Lipinski definition) is 1. The molecular weight excluding hydrogens is 503 g/mol. The third kappa shape index (κ3) is 6.83. The SMILES string of the molecule is CC(C)(C)c1ccc(CN(CCc2cccc(OC(F)(F)F)c2)C(=O)c2nc(Cl)cc3cc[nH]c23)cc1. The molecule has 0 saturated heterocycles. The van der Waals surface area contributed by atoms with Crippen LogP contribution in [0, 0.1) is 0 Å². The van der Waals surface area contributed by atoms with Crippen molar-refractivity contribution in [3.63, 3.8) is 0 Å². The highest BCUT2D eigenvalue weighted by Gasteiger charge is 2.31. The van der Waals surface area contributed by atoms with Crippen molar-refractivity contribution in [1.29, 1.82) is 0 Å². The highest BCUT2D eigenvalue weighted by atomic mass is 35.5. The molecular formula is C28H27ClF3N3O2. The number of halogens is 4. The van der Waals surface area contributed by atoms with E-state index in [2.05, 4.69) is 35.5 Å². The minimum absolute atomic E-state index is 0.0124. The summed E-state index contributed by atoms with van der Waals surface area (Å²) < 4.78 is 42.0. The van der Waals surface area contributed by atoms with E-state index in [4.69, 9.17) is 11.6 Å². The summed E-state index contributed by atoms with van der Waals surface area (Å²) in [5, 5.41) is 0.955. The predicted octanol–water partition coefficient (Wildman–Crippen LogP) is 7.30. The first-order valence-corrected chi connectivity index (χ1v) is 12.1. The maximum absolute atomic E-state index is 13.7. The first kappa shape index (κ1) is 26.5. The molecule has 0 radical (unpaired) electrons. The minimum Gasteiger partial charge on any atom is -0.406 e. The molecule has 0 fully saturated rings. The van der Waals surface area contributed by atoms with Gasteiger partial charge in [-0.3, -0.25) is 4.79 Å². The zero-order valence-corrected chi connectivity index (χ0v) is 21.5. The molecule has 37 heavy (non-hydrogen) atoms. The van der Waals surface area contributed by atoms with Gasteiger partial charge in [-0.25, -0.2) is 4.98 Å². The van der Waals surface area contributed by atoms with Gasteiger partial charge in [-0.2, -0.15) is 0 Å². The summed E-state index contributed by atoms with van der Waals surface area (Å²) in [5.74, 6) is -0.636. The molecule has 0 aliphatic carbocycles. The molecule has 2 aromatic carbocycles. The van der Waals surface area contributed by atoms with Crippen LogP contribution in [0.1, 0.15) is 48.0 Å². The van der Waals surface area contributed by atoms with Gasteiger partial charge in [-0.1, -0.05) is 68.8 Å². The van der Waals surface area contributed by atoms with Gasteiger partial charge in [0.25, 0.3) is 5.91 Å². The Morgan fingerprint density at radius 1 is 1.03 bits per heavy atom. The molecule has 1 amide bonds. The van der Waals surface area contributed by atoms with Gasteiger partial charge in [0.15, 0.2) is 5.69 Å². The zero-order chi connectivity index (χ0) is 26.8. The summed E-state index contributed by atoms with van der Waals surface area (Å²) >= 11 is 6.19.